The van der Waals surface area contributed by atoms with Crippen LogP contribution in [-0.2, 0) is 0 Å². The lowest BCUT2D eigenvalue weighted by Crippen LogP contribution is -2.09. The molecule has 9 aromatic rings. The fraction of sp³-hybridized carbons (Fsp3) is 0. The Labute approximate surface area is 259 Å². The summed E-state index contributed by atoms with van der Waals surface area (Å²) < 4.78 is 12.6. The van der Waals surface area contributed by atoms with E-state index in [-0.39, 0.29) is 0 Å². The summed E-state index contributed by atoms with van der Waals surface area (Å²) in [6, 6.07) is 54.4. The minimum atomic E-state index is 0.625. The van der Waals surface area contributed by atoms with Gasteiger partial charge in [-0.25, -0.2) is 4.98 Å². The fourth-order valence-corrected chi connectivity index (χ4v) is 6.33. The van der Waals surface area contributed by atoms with Crippen molar-refractivity contribution in [3.05, 3.63) is 158 Å². The van der Waals surface area contributed by atoms with Crippen LogP contribution in [-0.4, -0.2) is 4.98 Å². The number of furan rings is 1. The van der Waals surface area contributed by atoms with Crippen LogP contribution in [0.25, 0.3) is 66.4 Å². The van der Waals surface area contributed by atoms with Gasteiger partial charge in [-0.2, -0.15) is 0 Å². The van der Waals surface area contributed by atoms with Crippen LogP contribution < -0.4 is 4.90 Å². The van der Waals surface area contributed by atoms with E-state index in [0.29, 0.717) is 5.89 Å². The Balaban J connectivity index is 1.15. The molecule has 4 heteroatoms. The number of oxazole rings is 1. The predicted molar refractivity (Wildman–Crippen MR) is 184 cm³/mol. The predicted octanol–water partition coefficient (Wildman–Crippen LogP) is 11.7. The van der Waals surface area contributed by atoms with E-state index in [2.05, 4.69) is 114 Å². The number of fused-ring (bicyclic) bond motifs is 6. The molecule has 7 aromatic carbocycles. The maximum Gasteiger partial charge on any atom is 0.227 e. The maximum atomic E-state index is 6.41. The Hall–Kier alpha value is -6.13. The summed E-state index contributed by atoms with van der Waals surface area (Å²) in [5, 5.41) is 4.51. The minimum absolute atomic E-state index is 0.625. The lowest BCUT2D eigenvalue weighted by atomic mass is 10.0. The molecule has 0 bridgehead atoms. The van der Waals surface area contributed by atoms with Gasteiger partial charge in [-0.3, -0.25) is 0 Å². The second-order valence-corrected chi connectivity index (χ2v) is 11.2. The van der Waals surface area contributed by atoms with Crippen LogP contribution in [0.3, 0.4) is 0 Å². The van der Waals surface area contributed by atoms with E-state index in [1.165, 1.54) is 5.39 Å². The molecule has 2 aromatic heterocycles. The summed E-state index contributed by atoms with van der Waals surface area (Å²) in [6.07, 6.45) is 0. The standard InChI is InChI=1S/C41H26N2O2/c1-3-11-29(12-4-1)41-42-39-33(16-9-17-38(39)45-41)28-18-21-31(22-19-28)43(30-13-5-2-6-14-30)32-23-25-37-36(26-32)35-24-20-27-10-7-8-15-34(27)40(35)44-37/h1-26H. The summed E-state index contributed by atoms with van der Waals surface area (Å²) in [5.74, 6) is 0.625. The highest BCUT2D eigenvalue weighted by Crippen LogP contribution is 2.41. The van der Waals surface area contributed by atoms with E-state index in [4.69, 9.17) is 13.8 Å². The first-order valence-electron chi connectivity index (χ1n) is 15.0. The van der Waals surface area contributed by atoms with Gasteiger partial charge in [-0.15, -0.1) is 0 Å². The van der Waals surface area contributed by atoms with Crippen LogP contribution in [0, 0.1) is 0 Å². The Bertz CT molecular complexity index is 2480. The first kappa shape index (κ1) is 25.4. The first-order chi connectivity index (χ1) is 22.3. The molecular weight excluding hydrogens is 552 g/mol. The molecule has 45 heavy (non-hydrogen) atoms. The normalized spacial score (nSPS) is 11.6. The van der Waals surface area contributed by atoms with Gasteiger partial charge in [-0.1, -0.05) is 91.0 Å². The molecule has 0 aliphatic heterocycles. The Morgan fingerprint density at radius 1 is 0.444 bits per heavy atom. The zero-order valence-corrected chi connectivity index (χ0v) is 24.2. The molecule has 0 amide bonds. The summed E-state index contributed by atoms with van der Waals surface area (Å²) in [7, 11) is 0. The number of nitrogens with zero attached hydrogens (tertiary/aromatic N) is 2. The van der Waals surface area contributed by atoms with Crippen molar-refractivity contribution < 1.29 is 8.83 Å². The van der Waals surface area contributed by atoms with E-state index in [0.717, 1.165) is 72.2 Å². The van der Waals surface area contributed by atoms with Crippen molar-refractivity contribution in [1.82, 2.24) is 4.98 Å². The van der Waals surface area contributed by atoms with Crippen molar-refractivity contribution in [3.8, 4) is 22.6 Å². The van der Waals surface area contributed by atoms with Gasteiger partial charge in [0, 0.05) is 44.3 Å². The zero-order valence-electron chi connectivity index (χ0n) is 24.2. The van der Waals surface area contributed by atoms with E-state index in [1.807, 2.05) is 48.5 Å². The molecule has 212 valence electrons. The van der Waals surface area contributed by atoms with Gasteiger partial charge in [-0.05, 0) is 77.7 Å². The molecule has 0 saturated heterocycles. The van der Waals surface area contributed by atoms with Gasteiger partial charge in [0.2, 0.25) is 5.89 Å². The van der Waals surface area contributed by atoms with Crippen LogP contribution in [0.1, 0.15) is 0 Å². The second-order valence-electron chi connectivity index (χ2n) is 11.2. The Kier molecular flexibility index (Phi) is 5.78. The third kappa shape index (κ3) is 4.27. The van der Waals surface area contributed by atoms with E-state index >= 15 is 0 Å². The molecule has 0 aliphatic carbocycles. The molecule has 4 nitrogen and oxygen atoms in total. The number of hydrogen-bond donors (Lipinski definition) is 0. The van der Waals surface area contributed by atoms with Crippen molar-refractivity contribution in [1.29, 1.82) is 0 Å². The number of benzene rings is 7. The quantitative estimate of drug-likeness (QED) is 0.204. The molecule has 0 unspecified atom stereocenters. The van der Waals surface area contributed by atoms with Gasteiger partial charge >= 0.3 is 0 Å². The Morgan fingerprint density at radius 2 is 1.18 bits per heavy atom. The smallest absolute Gasteiger partial charge is 0.227 e. The van der Waals surface area contributed by atoms with Gasteiger partial charge in [0.05, 0.1) is 0 Å². The average molecular weight is 579 g/mol. The second kappa shape index (κ2) is 10.2. The lowest BCUT2D eigenvalue weighted by molar-refractivity contribution is 0.620. The van der Waals surface area contributed by atoms with Crippen molar-refractivity contribution in [2.45, 2.75) is 0 Å². The summed E-state index contributed by atoms with van der Waals surface area (Å²) in [5.41, 5.74) is 9.70. The van der Waals surface area contributed by atoms with Gasteiger partial charge in [0.25, 0.3) is 0 Å². The molecule has 9 rings (SSSR count). The highest BCUT2D eigenvalue weighted by molar-refractivity contribution is 6.15. The summed E-state index contributed by atoms with van der Waals surface area (Å²) in [6.45, 7) is 0. The summed E-state index contributed by atoms with van der Waals surface area (Å²) >= 11 is 0. The summed E-state index contributed by atoms with van der Waals surface area (Å²) in [4.78, 5) is 7.18. The first-order valence-corrected chi connectivity index (χ1v) is 15.0. The molecule has 0 fully saturated rings. The van der Waals surface area contributed by atoms with E-state index in [1.54, 1.807) is 0 Å². The zero-order chi connectivity index (χ0) is 29.7. The van der Waals surface area contributed by atoms with Gasteiger partial charge in [0.15, 0.2) is 5.58 Å². The van der Waals surface area contributed by atoms with Crippen molar-refractivity contribution in [2.24, 2.45) is 0 Å². The number of anilines is 3. The van der Waals surface area contributed by atoms with Gasteiger partial charge < -0.3 is 13.7 Å². The Morgan fingerprint density at radius 3 is 2.02 bits per heavy atom. The average Bonchev–Trinajstić information content (AvgIpc) is 3.72. The van der Waals surface area contributed by atoms with Gasteiger partial charge in [0.1, 0.15) is 16.7 Å². The van der Waals surface area contributed by atoms with Crippen molar-refractivity contribution >= 4 is 60.9 Å². The molecule has 0 spiro atoms. The monoisotopic (exact) mass is 578 g/mol. The molecule has 0 N–H and O–H groups in total. The number of aromatic nitrogens is 1. The van der Waals surface area contributed by atoms with Crippen LogP contribution in [0.15, 0.2) is 167 Å². The third-order valence-electron chi connectivity index (χ3n) is 8.49. The highest BCUT2D eigenvalue weighted by Gasteiger charge is 2.18. The van der Waals surface area contributed by atoms with Crippen LogP contribution in [0.2, 0.25) is 0 Å². The molecule has 0 aliphatic rings. The third-order valence-corrected chi connectivity index (χ3v) is 8.49. The van der Waals surface area contributed by atoms with E-state index in [9.17, 15) is 0 Å². The lowest BCUT2D eigenvalue weighted by Gasteiger charge is -2.25. The minimum Gasteiger partial charge on any atom is -0.455 e. The maximum absolute atomic E-state index is 6.41. The van der Waals surface area contributed by atoms with Crippen molar-refractivity contribution in [2.75, 3.05) is 4.90 Å². The van der Waals surface area contributed by atoms with Crippen LogP contribution >= 0.6 is 0 Å². The number of para-hydroxylation sites is 2. The molecule has 0 radical (unpaired) electrons. The van der Waals surface area contributed by atoms with Crippen LogP contribution in [0.4, 0.5) is 17.1 Å². The number of hydrogen-bond acceptors (Lipinski definition) is 4. The largest absolute Gasteiger partial charge is 0.455 e. The SMILES string of the molecule is c1ccc(-c2nc3c(-c4ccc(N(c5ccccc5)c5ccc6oc7c8ccccc8ccc7c6c5)cc4)cccc3o2)cc1. The highest BCUT2D eigenvalue weighted by atomic mass is 16.3. The van der Waals surface area contributed by atoms with E-state index < -0.39 is 0 Å². The topological polar surface area (TPSA) is 42.4 Å². The van der Waals surface area contributed by atoms with Crippen molar-refractivity contribution in [3.63, 3.8) is 0 Å². The molecular formula is C41H26N2O2. The van der Waals surface area contributed by atoms with Crippen LogP contribution in [0.5, 0.6) is 0 Å². The number of rotatable bonds is 5. The molecule has 0 atom stereocenters. The molecule has 2 heterocycles. The fourth-order valence-electron chi connectivity index (χ4n) is 6.33. The molecule has 0 saturated carbocycles.